The summed E-state index contributed by atoms with van der Waals surface area (Å²) in [5.74, 6) is 0.239. The molecule has 29 heavy (non-hydrogen) atoms. The molecule has 1 aliphatic heterocycles. The Morgan fingerprint density at radius 2 is 2.03 bits per heavy atom. The second-order valence-electron chi connectivity index (χ2n) is 6.89. The molecule has 0 unspecified atom stereocenters. The van der Waals surface area contributed by atoms with Crippen LogP contribution in [-0.2, 0) is 6.42 Å². The molecule has 0 saturated heterocycles. The molecule has 3 heterocycles. The van der Waals surface area contributed by atoms with Gasteiger partial charge in [-0.25, -0.2) is 14.2 Å². The van der Waals surface area contributed by atoms with Gasteiger partial charge in [0.1, 0.15) is 5.82 Å². The summed E-state index contributed by atoms with van der Waals surface area (Å²) >= 11 is 1.30. The van der Waals surface area contributed by atoms with E-state index in [1.54, 1.807) is 23.1 Å². The zero-order valence-electron chi connectivity index (χ0n) is 15.6. The monoisotopic (exact) mass is 408 g/mol. The summed E-state index contributed by atoms with van der Waals surface area (Å²) in [6.45, 7) is 1.80. The van der Waals surface area contributed by atoms with Gasteiger partial charge in [-0.15, -0.1) is 5.10 Å². The number of nitrogens with zero attached hydrogens (tertiary/aromatic N) is 4. The molecule has 146 valence electrons. The van der Waals surface area contributed by atoms with Gasteiger partial charge >= 0.3 is 5.69 Å². The van der Waals surface area contributed by atoms with Gasteiger partial charge in [0, 0.05) is 12.5 Å². The van der Waals surface area contributed by atoms with Crippen LogP contribution < -0.4 is 10.4 Å². The van der Waals surface area contributed by atoms with Gasteiger partial charge in [0.2, 0.25) is 5.06 Å². The second kappa shape index (κ2) is 6.97. The fraction of sp³-hybridized carbons (Fsp3) is 0.190. The molecule has 0 bridgehead atoms. The Bertz CT molecular complexity index is 1250. The Balaban J connectivity index is 1.49. The highest BCUT2D eigenvalue weighted by molar-refractivity contribution is 7.11. The number of ether oxygens (including phenoxy) is 1. The normalized spacial score (nSPS) is 15.4. The third-order valence-corrected chi connectivity index (χ3v) is 5.89. The maximum Gasteiger partial charge on any atom is 0.351 e. The lowest BCUT2D eigenvalue weighted by atomic mass is 10.1. The maximum absolute atomic E-state index is 14.6. The van der Waals surface area contributed by atoms with E-state index in [2.05, 4.69) is 10.1 Å². The number of rotatable bonds is 4. The first-order chi connectivity index (χ1) is 14.1. The van der Waals surface area contributed by atoms with E-state index in [9.17, 15) is 9.18 Å². The highest BCUT2D eigenvalue weighted by atomic mass is 32.1. The van der Waals surface area contributed by atoms with Gasteiger partial charge in [0.05, 0.1) is 22.9 Å². The summed E-state index contributed by atoms with van der Waals surface area (Å²) in [5, 5.41) is 4.99. The Morgan fingerprint density at radius 3 is 2.76 bits per heavy atom. The van der Waals surface area contributed by atoms with E-state index in [-0.39, 0.29) is 17.5 Å². The van der Waals surface area contributed by atoms with Gasteiger partial charge in [0.15, 0.2) is 11.6 Å². The zero-order chi connectivity index (χ0) is 20.0. The van der Waals surface area contributed by atoms with Crippen molar-refractivity contribution in [2.75, 3.05) is 0 Å². The van der Waals surface area contributed by atoms with Crippen LogP contribution in [0.2, 0.25) is 0 Å². The minimum Gasteiger partial charge on any atom is -0.442 e. The molecular weight excluding hydrogens is 391 g/mol. The summed E-state index contributed by atoms with van der Waals surface area (Å²) in [6.07, 6.45) is 1.54. The summed E-state index contributed by atoms with van der Waals surface area (Å²) < 4.78 is 23.2. The molecule has 5 rings (SSSR count). The fourth-order valence-corrected chi connectivity index (χ4v) is 4.32. The van der Waals surface area contributed by atoms with Crippen LogP contribution in [-0.4, -0.2) is 19.3 Å². The Labute approximate surface area is 169 Å². The Hall–Kier alpha value is -3.26. The first-order valence-electron chi connectivity index (χ1n) is 9.25. The largest absolute Gasteiger partial charge is 0.442 e. The highest BCUT2D eigenvalue weighted by Gasteiger charge is 2.29. The van der Waals surface area contributed by atoms with Gasteiger partial charge in [0.25, 0.3) is 0 Å². The number of hydrogen-bond donors (Lipinski definition) is 0. The molecule has 4 aromatic rings. The smallest absolute Gasteiger partial charge is 0.351 e. The third kappa shape index (κ3) is 3.05. The molecule has 2 aromatic carbocycles. The summed E-state index contributed by atoms with van der Waals surface area (Å²) in [4.78, 5) is 17.1. The summed E-state index contributed by atoms with van der Waals surface area (Å²) in [5.41, 5.74) is 3.52. The number of hydrogen-bond acceptors (Lipinski definition) is 5. The van der Waals surface area contributed by atoms with E-state index in [1.807, 2.05) is 30.3 Å². The van der Waals surface area contributed by atoms with Crippen molar-refractivity contribution in [3.05, 3.63) is 87.4 Å². The first kappa shape index (κ1) is 17.8. The molecule has 6 nitrogen and oxygen atoms in total. The predicted molar refractivity (Wildman–Crippen MR) is 108 cm³/mol. The lowest BCUT2D eigenvalue weighted by molar-refractivity contribution is 0.448. The molecule has 0 aliphatic carbocycles. The predicted octanol–water partition coefficient (Wildman–Crippen LogP) is 4.27. The Morgan fingerprint density at radius 1 is 1.21 bits per heavy atom. The molecule has 8 heteroatoms. The lowest BCUT2D eigenvalue weighted by Crippen LogP contribution is -2.26. The number of thiazole rings is 1. The summed E-state index contributed by atoms with van der Waals surface area (Å²) in [6, 6.07) is 14.3. The molecule has 0 spiro atoms. The molecule has 2 aromatic heterocycles. The molecule has 1 atom stereocenters. The lowest BCUT2D eigenvalue weighted by Gasteiger charge is -2.12. The molecule has 0 saturated carbocycles. The zero-order valence-corrected chi connectivity index (χ0v) is 16.4. The van der Waals surface area contributed by atoms with Crippen molar-refractivity contribution in [1.82, 2.24) is 19.3 Å². The van der Waals surface area contributed by atoms with E-state index in [4.69, 9.17) is 4.74 Å². The maximum atomic E-state index is 14.6. The minimum absolute atomic E-state index is 0.0470. The van der Waals surface area contributed by atoms with Crippen LogP contribution in [0.3, 0.4) is 0 Å². The van der Waals surface area contributed by atoms with Crippen LogP contribution in [0.1, 0.15) is 29.5 Å². The van der Waals surface area contributed by atoms with E-state index >= 15 is 0 Å². The number of halogens is 1. The standard InChI is InChI=1S/C21H17FN4O2S/c1-13-20(29-12-23-13)28-18-9-7-15(11-16(18)22)26-21(27)25-17(8-10-19(25)24-26)14-5-3-2-4-6-14/h2-7,9,11-12,17H,8,10H2,1H3/t17-/m0/s1. The van der Waals surface area contributed by atoms with Crippen molar-refractivity contribution in [1.29, 1.82) is 0 Å². The van der Waals surface area contributed by atoms with Crippen LogP contribution in [0.25, 0.3) is 5.69 Å². The highest BCUT2D eigenvalue weighted by Crippen LogP contribution is 2.32. The third-order valence-electron chi connectivity index (χ3n) is 5.08. The number of fused-ring (bicyclic) bond motifs is 1. The van der Waals surface area contributed by atoms with Crippen LogP contribution >= 0.6 is 11.3 Å². The van der Waals surface area contributed by atoms with Crippen LogP contribution in [0.15, 0.2) is 58.8 Å². The molecule has 0 amide bonds. The number of aromatic nitrogens is 4. The van der Waals surface area contributed by atoms with Gasteiger partial charge in [-0.05, 0) is 31.0 Å². The van der Waals surface area contributed by atoms with E-state index < -0.39 is 5.82 Å². The van der Waals surface area contributed by atoms with Crippen molar-refractivity contribution in [2.45, 2.75) is 25.8 Å². The van der Waals surface area contributed by atoms with Crippen molar-refractivity contribution >= 4 is 11.3 Å². The average molecular weight is 408 g/mol. The summed E-state index contributed by atoms with van der Waals surface area (Å²) in [7, 11) is 0. The fourth-order valence-electron chi connectivity index (χ4n) is 3.65. The van der Waals surface area contributed by atoms with Gasteiger partial charge in [-0.2, -0.15) is 4.68 Å². The molecular formula is C21H17FN4O2S. The molecule has 0 radical (unpaired) electrons. The quantitative estimate of drug-likeness (QED) is 0.506. The van der Waals surface area contributed by atoms with Crippen LogP contribution in [0, 0.1) is 12.7 Å². The van der Waals surface area contributed by atoms with Crippen molar-refractivity contribution in [3.8, 4) is 16.5 Å². The first-order valence-corrected chi connectivity index (χ1v) is 10.1. The molecule has 1 aliphatic rings. The van der Waals surface area contributed by atoms with Gasteiger partial charge in [-0.3, -0.25) is 4.57 Å². The van der Waals surface area contributed by atoms with Crippen LogP contribution in [0.4, 0.5) is 4.39 Å². The van der Waals surface area contributed by atoms with E-state index in [1.165, 1.54) is 28.2 Å². The van der Waals surface area contributed by atoms with Crippen molar-refractivity contribution < 1.29 is 9.13 Å². The van der Waals surface area contributed by atoms with Crippen molar-refractivity contribution in [3.63, 3.8) is 0 Å². The van der Waals surface area contributed by atoms with Gasteiger partial charge < -0.3 is 4.74 Å². The number of benzene rings is 2. The number of aryl methyl sites for hydroxylation is 2. The van der Waals surface area contributed by atoms with E-state index in [0.717, 1.165) is 12.0 Å². The minimum atomic E-state index is -0.560. The Kier molecular flexibility index (Phi) is 4.28. The van der Waals surface area contributed by atoms with Gasteiger partial charge in [-0.1, -0.05) is 41.7 Å². The van der Waals surface area contributed by atoms with E-state index in [0.29, 0.717) is 28.7 Å². The molecule has 0 N–H and O–H groups in total. The molecule has 0 fully saturated rings. The van der Waals surface area contributed by atoms with Crippen LogP contribution in [0.5, 0.6) is 10.8 Å². The average Bonchev–Trinajstić information content (AvgIpc) is 3.41. The van der Waals surface area contributed by atoms with Crippen molar-refractivity contribution in [2.24, 2.45) is 0 Å². The topological polar surface area (TPSA) is 61.9 Å². The SMILES string of the molecule is Cc1ncsc1Oc1ccc(-n2nc3n(c2=O)[C@H](c2ccccc2)CC3)cc1F. The second-order valence-corrected chi connectivity index (χ2v) is 7.71.